The fourth-order valence-corrected chi connectivity index (χ4v) is 1.66. The summed E-state index contributed by atoms with van der Waals surface area (Å²) >= 11 is 0. The Morgan fingerprint density at radius 1 is 1.30 bits per heavy atom. The highest BCUT2D eigenvalue weighted by Gasteiger charge is 2.31. The van der Waals surface area contributed by atoms with Gasteiger partial charge in [0.2, 0.25) is 0 Å². The Balaban J connectivity index is 2.91. The van der Waals surface area contributed by atoms with Crippen molar-refractivity contribution in [3.63, 3.8) is 0 Å². The third kappa shape index (κ3) is 5.24. The zero-order valence-electron chi connectivity index (χ0n) is 11.8. The molecule has 1 unspecified atom stereocenters. The second kappa shape index (κ2) is 7.33. The predicted octanol–water partition coefficient (Wildman–Crippen LogP) is 3.37. The van der Waals surface area contributed by atoms with Crippen LogP contribution in [0.25, 0.3) is 0 Å². The first kappa shape index (κ1) is 16.6. The molecule has 1 aromatic rings. The maximum Gasteiger partial charge on any atom is 0.416 e. The van der Waals surface area contributed by atoms with Gasteiger partial charge in [0.15, 0.2) is 0 Å². The minimum atomic E-state index is -4.39. The lowest BCUT2D eigenvalue weighted by molar-refractivity contribution is -0.137. The van der Waals surface area contributed by atoms with Crippen molar-refractivity contribution in [3.8, 4) is 0 Å². The van der Waals surface area contributed by atoms with E-state index < -0.39 is 11.7 Å². The molecule has 0 spiro atoms. The molecule has 0 aliphatic rings. The van der Waals surface area contributed by atoms with Crippen molar-refractivity contribution in [1.82, 2.24) is 4.98 Å². The van der Waals surface area contributed by atoms with Gasteiger partial charge < -0.3 is 15.4 Å². The first-order chi connectivity index (χ1) is 9.36. The van der Waals surface area contributed by atoms with Crippen molar-refractivity contribution in [2.45, 2.75) is 32.5 Å². The average Bonchev–Trinajstić information content (AvgIpc) is 2.35. The summed E-state index contributed by atoms with van der Waals surface area (Å²) in [7, 11) is 1.58. The first-order valence-corrected chi connectivity index (χ1v) is 6.45. The number of ether oxygens (including phenoxy) is 1. The Hall–Kier alpha value is -1.50. The van der Waals surface area contributed by atoms with Gasteiger partial charge in [-0.15, -0.1) is 0 Å². The SMILES string of the molecule is CCNc1cc(C(F)(F)F)cc(NC(C)CCOC)n1. The molecular weight excluding hydrogens is 271 g/mol. The molecule has 1 atom stereocenters. The van der Waals surface area contributed by atoms with Crippen LogP contribution in [-0.4, -0.2) is 31.3 Å². The van der Waals surface area contributed by atoms with Crippen LogP contribution in [0.3, 0.4) is 0 Å². The number of nitrogens with zero attached hydrogens (tertiary/aromatic N) is 1. The zero-order chi connectivity index (χ0) is 15.2. The highest BCUT2D eigenvalue weighted by atomic mass is 19.4. The molecule has 1 heterocycles. The lowest BCUT2D eigenvalue weighted by atomic mass is 10.2. The van der Waals surface area contributed by atoms with Gasteiger partial charge in [-0.3, -0.25) is 0 Å². The molecule has 0 bridgehead atoms. The Bertz CT molecular complexity index is 424. The van der Waals surface area contributed by atoms with E-state index in [4.69, 9.17) is 4.74 Å². The maximum atomic E-state index is 12.8. The third-order valence-electron chi connectivity index (χ3n) is 2.66. The van der Waals surface area contributed by atoms with Gasteiger partial charge in [-0.05, 0) is 32.4 Å². The van der Waals surface area contributed by atoms with Crippen molar-refractivity contribution < 1.29 is 17.9 Å². The summed E-state index contributed by atoms with van der Waals surface area (Å²) < 4.78 is 43.4. The molecule has 4 nitrogen and oxygen atoms in total. The minimum Gasteiger partial charge on any atom is -0.385 e. The van der Waals surface area contributed by atoms with Gasteiger partial charge in [0.05, 0.1) is 5.56 Å². The molecule has 0 saturated heterocycles. The van der Waals surface area contributed by atoms with Crippen LogP contribution in [0.2, 0.25) is 0 Å². The van der Waals surface area contributed by atoms with Crippen molar-refractivity contribution in [2.24, 2.45) is 0 Å². The number of alkyl halides is 3. The second-order valence-corrected chi connectivity index (χ2v) is 4.48. The van der Waals surface area contributed by atoms with E-state index in [0.29, 0.717) is 19.6 Å². The summed E-state index contributed by atoms with van der Waals surface area (Å²) in [6, 6.07) is 2.00. The van der Waals surface area contributed by atoms with Crippen molar-refractivity contribution >= 4 is 11.6 Å². The van der Waals surface area contributed by atoms with Gasteiger partial charge >= 0.3 is 6.18 Å². The number of aromatic nitrogens is 1. The Morgan fingerprint density at radius 2 is 1.95 bits per heavy atom. The van der Waals surface area contributed by atoms with Crippen LogP contribution in [0, 0.1) is 0 Å². The molecule has 2 N–H and O–H groups in total. The molecule has 114 valence electrons. The molecule has 7 heteroatoms. The summed E-state index contributed by atoms with van der Waals surface area (Å²) in [5.74, 6) is 0.420. The highest BCUT2D eigenvalue weighted by molar-refractivity contribution is 5.50. The third-order valence-corrected chi connectivity index (χ3v) is 2.66. The number of anilines is 2. The van der Waals surface area contributed by atoms with Gasteiger partial charge in [-0.25, -0.2) is 4.98 Å². The van der Waals surface area contributed by atoms with Crippen LogP contribution in [-0.2, 0) is 10.9 Å². The quantitative estimate of drug-likeness (QED) is 0.808. The predicted molar refractivity (Wildman–Crippen MR) is 73.0 cm³/mol. The zero-order valence-corrected chi connectivity index (χ0v) is 11.8. The fourth-order valence-electron chi connectivity index (χ4n) is 1.66. The second-order valence-electron chi connectivity index (χ2n) is 4.48. The smallest absolute Gasteiger partial charge is 0.385 e. The van der Waals surface area contributed by atoms with Gasteiger partial charge in [-0.1, -0.05) is 0 Å². The molecule has 0 fully saturated rings. The average molecular weight is 291 g/mol. The number of halogens is 3. The summed E-state index contributed by atoms with van der Waals surface area (Å²) in [4.78, 5) is 4.12. The first-order valence-electron chi connectivity index (χ1n) is 6.45. The van der Waals surface area contributed by atoms with Crippen LogP contribution < -0.4 is 10.6 Å². The van der Waals surface area contributed by atoms with E-state index >= 15 is 0 Å². The number of methoxy groups -OCH3 is 1. The van der Waals surface area contributed by atoms with E-state index in [9.17, 15) is 13.2 Å². The number of pyridine rings is 1. The largest absolute Gasteiger partial charge is 0.416 e. The molecule has 0 saturated carbocycles. The van der Waals surface area contributed by atoms with Gasteiger partial charge in [0.25, 0.3) is 0 Å². The summed E-state index contributed by atoms with van der Waals surface area (Å²) in [6.45, 7) is 4.71. The monoisotopic (exact) mass is 291 g/mol. The lowest BCUT2D eigenvalue weighted by Gasteiger charge is -2.17. The molecular formula is C13H20F3N3O. The Morgan fingerprint density at radius 3 is 2.50 bits per heavy atom. The summed E-state index contributed by atoms with van der Waals surface area (Å²) in [5, 5.41) is 5.76. The van der Waals surface area contributed by atoms with Gasteiger partial charge in [0.1, 0.15) is 11.6 Å². The fraction of sp³-hybridized carbons (Fsp3) is 0.615. The van der Waals surface area contributed by atoms with Gasteiger partial charge in [0, 0.05) is 26.3 Å². The highest BCUT2D eigenvalue weighted by Crippen LogP contribution is 2.32. The van der Waals surface area contributed by atoms with E-state index in [-0.39, 0.29) is 17.7 Å². The number of rotatable bonds is 7. The molecule has 1 aromatic heterocycles. The Labute approximate surface area is 116 Å². The maximum absolute atomic E-state index is 12.8. The summed E-state index contributed by atoms with van der Waals surface area (Å²) in [5.41, 5.74) is -0.718. The van der Waals surface area contributed by atoms with Crippen LogP contribution in [0.5, 0.6) is 0 Å². The molecule has 20 heavy (non-hydrogen) atoms. The molecule has 0 aliphatic carbocycles. The van der Waals surface area contributed by atoms with E-state index in [1.165, 1.54) is 0 Å². The standard InChI is InChI=1S/C13H20F3N3O/c1-4-17-11-7-10(13(14,15)16)8-12(19-11)18-9(2)5-6-20-3/h7-9H,4-6H2,1-3H3,(H2,17,18,19). The van der Waals surface area contributed by atoms with Crippen molar-refractivity contribution in [3.05, 3.63) is 17.7 Å². The summed E-state index contributed by atoms with van der Waals surface area (Å²) in [6.07, 6.45) is -3.70. The topological polar surface area (TPSA) is 46.2 Å². The van der Waals surface area contributed by atoms with Crippen LogP contribution >= 0.6 is 0 Å². The Kier molecular flexibility index (Phi) is 6.06. The van der Waals surface area contributed by atoms with Crippen molar-refractivity contribution in [1.29, 1.82) is 0 Å². The van der Waals surface area contributed by atoms with Crippen LogP contribution in [0.1, 0.15) is 25.8 Å². The molecule has 0 amide bonds. The van der Waals surface area contributed by atoms with Gasteiger partial charge in [-0.2, -0.15) is 13.2 Å². The normalized spacial score (nSPS) is 13.1. The van der Waals surface area contributed by atoms with E-state index in [1.807, 2.05) is 6.92 Å². The van der Waals surface area contributed by atoms with E-state index in [2.05, 4.69) is 15.6 Å². The number of hydrogen-bond acceptors (Lipinski definition) is 4. The lowest BCUT2D eigenvalue weighted by Crippen LogP contribution is -2.19. The van der Waals surface area contributed by atoms with E-state index in [1.54, 1.807) is 14.0 Å². The number of hydrogen-bond donors (Lipinski definition) is 2. The molecule has 1 rings (SSSR count). The minimum absolute atomic E-state index is 0.0274. The van der Waals surface area contributed by atoms with E-state index in [0.717, 1.165) is 12.1 Å². The molecule has 0 aliphatic heterocycles. The number of nitrogens with one attached hydrogen (secondary N) is 2. The molecule has 0 aromatic carbocycles. The van der Waals surface area contributed by atoms with Crippen LogP contribution in [0.15, 0.2) is 12.1 Å². The van der Waals surface area contributed by atoms with Crippen molar-refractivity contribution in [2.75, 3.05) is 30.9 Å². The van der Waals surface area contributed by atoms with Crippen LogP contribution in [0.4, 0.5) is 24.8 Å². The molecule has 0 radical (unpaired) electrons.